The maximum absolute atomic E-state index is 12.2. The van der Waals surface area contributed by atoms with Gasteiger partial charge in [-0.15, -0.1) is 0 Å². The molecule has 42 nitrogen and oxygen atoms in total. The van der Waals surface area contributed by atoms with E-state index >= 15 is 0 Å². The zero-order valence-corrected chi connectivity index (χ0v) is 81.8. The molecule has 0 radical (unpaired) electrons. The fourth-order valence-electron chi connectivity index (χ4n) is 7.08. The van der Waals surface area contributed by atoms with Gasteiger partial charge >= 0.3 is 68.4 Å². The lowest BCUT2D eigenvalue weighted by Gasteiger charge is -2.21. The van der Waals surface area contributed by atoms with Crippen molar-refractivity contribution in [1.82, 2.24) is 0 Å². The number of hydrogen-bond acceptors (Lipinski definition) is 42. The third-order valence-corrected chi connectivity index (χ3v) is 30.9. The lowest BCUT2D eigenvalue weighted by Crippen LogP contribution is -2.11. The van der Waals surface area contributed by atoms with Crippen molar-refractivity contribution in [3.05, 3.63) is 0 Å². The highest BCUT2D eigenvalue weighted by Gasteiger charge is 2.28. The second-order valence-corrected chi connectivity index (χ2v) is 43.5. The molecule has 0 aromatic heterocycles. The number of aliphatic hydroxyl groups is 6. The van der Waals surface area contributed by atoms with E-state index in [1.54, 1.807) is 97.5 Å². The summed E-state index contributed by atoms with van der Waals surface area (Å²) >= 11 is 0. The normalized spacial score (nSPS) is 15.4. The van der Waals surface area contributed by atoms with Gasteiger partial charge in [0.15, 0.2) is 0 Å². The first-order chi connectivity index (χ1) is 56.3. The van der Waals surface area contributed by atoms with Crippen LogP contribution in [0.5, 0.6) is 0 Å². The first kappa shape index (κ1) is 132. The van der Waals surface area contributed by atoms with E-state index < -0.39 is 68.4 Å². The molecule has 3 atom stereocenters. The fraction of sp³-hybridized carbons (Fsp3) is 1.00. The average Bonchev–Trinajstić information content (AvgIpc) is 1.94. The predicted molar refractivity (Wildman–Crippen MR) is 451 cm³/mol. The van der Waals surface area contributed by atoms with Gasteiger partial charge in [-0.3, -0.25) is 41.1 Å². The third-order valence-electron chi connectivity index (χ3n) is 13.3. The van der Waals surface area contributed by atoms with Crippen LogP contribution in [-0.4, -0.2) is 366 Å². The van der Waals surface area contributed by atoms with Gasteiger partial charge < -0.3 is 155 Å². The zero-order chi connectivity index (χ0) is 90.9. The molecular weight excluding hydrogens is 1760 g/mol. The first-order valence-electron chi connectivity index (χ1n) is 39.7. The number of aliphatic hydroxyl groups excluding tert-OH is 6. The molecule has 2 aliphatic rings. The maximum atomic E-state index is 12.2. The van der Waals surface area contributed by atoms with Crippen LogP contribution in [0.1, 0.15) is 109 Å². The van der Waals surface area contributed by atoms with Gasteiger partial charge in [-0.2, -0.15) is 0 Å². The third kappa shape index (κ3) is 87.4. The summed E-state index contributed by atoms with van der Waals surface area (Å²) < 4.78 is 239. The zero-order valence-electron chi connectivity index (χ0n) is 73.8. The summed E-state index contributed by atoms with van der Waals surface area (Å²) in [5.74, 6) is 0. The lowest BCUT2D eigenvalue weighted by atomic mass is 10.3. The topological polar surface area (TPSA) is 524 Å². The standard InChI is InChI=1S/C12H27O7P.C10H23O7P.2C8H19O5P.C6H15O5P.C6H15O4P.C6H13O3P.C6H15O3P.C5H11O3P/c1-4-20(13,18-11-9-16-7-5-14-2)19-12-10-17-8-6-15-3;1-2-18(13,16-9-7-14-5-3-11)17-10-8-15-6-4-12;1-4-14(9,11-3)13-8-7-12-6-5-10-2;1-3-12-14(10,4-2)13-8-7-11-6-5-9;1-2-12(9,10-5-3-7)11-6-4-8;1-3-9-11(8,4-2)10-6-5-7;1-2-10(7)8-5-3-4-6-9-10;1-4-8-10(7,6-3)9-5-2;1-2-9(6)7-4-3-5-8-9/h4-12H2,1-3H3;11-12H,2-10H2,1H3;4-8H2,1-3H3;9H,3-8H2,1-2H3;7-8H,2-6H2,1H3;7H,3-6H2,1-2H3;2-6H2,1H3;4-6H2,1-3H3;2-5H2,1H3. The van der Waals surface area contributed by atoms with Crippen LogP contribution in [0.4, 0.5) is 0 Å². The molecular formula is C67H157O42P9. The summed E-state index contributed by atoms with van der Waals surface area (Å²) in [4.78, 5) is 0. The Hall–Kier alpha value is 0.750. The Balaban J connectivity index is -0.000000237. The minimum atomic E-state index is -3.08. The van der Waals surface area contributed by atoms with Gasteiger partial charge in [0, 0.05) is 83.9 Å². The number of ether oxygens (including phenoxy) is 9. The number of rotatable bonds is 66. The highest BCUT2D eigenvalue weighted by atomic mass is 31.2. The minimum absolute atomic E-state index is 0.00343. The van der Waals surface area contributed by atoms with Crippen LogP contribution < -0.4 is 0 Å². The van der Waals surface area contributed by atoms with Crippen LogP contribution in [0.2, 0.25) is 0 Å². The van der Waals surface area contributed by atoms with Gasteiger partial charge in [-0.05, 0) is 47.0 Å². The van der Waals surface area contributed by atoms with Crippen LogP contribution in [-0.2, 0) is 165 Å². The average molecular weight is 1910 g/mol. The predicted octanol–water partition coefficient (Wildman–Crippen LogP) is 12.0. The molecule has 51 heteroatoms. The van der Waals surface area contributed by atoms with Crippen molar-refractivity contribution in [2.24, 2.45) is 0 Å². The molecule has 6 N–H and O–H groups in total. The molecule has 2 saturated heterocycles. The molecule has 2 fully saturated rings. The largest absolute Gasteiger partial charge is 0.394 e. The Morgan fingerprint density at radius 3 is 0.602 bits per heavy atom. The van der Waals surface area contributed by atoms with Crippen LogP contribution in [0.3, 0.4) is 0 Å². The van der Waals surface area contributed by atoms with Crippen LogP contribution in [0.25, 0.3) is 0 Å². The molecule has 3 unspecified atom stereocenters. The summed E-state index contributed by atoms with van der Waals surface area (Å²) in [7, 11) is -19.5. The molecule has 0 amide bonds. The number of hydrogen-bond donors (Lipinski definition) is 6. The summed E-state index contributed by atoms with van der Waals surface area (Å²) in [5, 5.41) is 50.6. The Bertz CT molecular complexity index is 2460. The smallest absolute Gasteiger partial charge is 0.330 e. The Morgan fingerprint density at radius 2 is 0.415 bits per heavy atom. The minimum Gasteiger partial charge on any atom is -0.394 e. The maximum Gasteiger partial charge on any atom is 0.330 e. The van der Waals surface area contributed by atoms with Gasteiger partial charge in [0.1, 0.15) is 0 Å². The highest BCUT2D eigenvalue weighted by Crippen LogP contribution is 2.53. The second kappa shape index (κ2) is 92.5. The fourth-order valence-corrected chi connectivity index (χ4v) is 17.5. The first-order valence-corrected chi connectivity index (χ1v) is 55.3. The van der Waals surface area contributed by atoms with Gasteiger partial charge in [0.05, 0.1) is 251 Å². The monoisotopic (exact) mass is 1910 g/mol. The highest BCUT2D eigenvalue weighted by molar-refractivity contribution is 7.56. The van der Waals surface area contributed by atoms with E-state index in [1.807, 2.05) is 13.8 Å². The van der Waals surface area contributed by atoms with E-state index in [0.717, 1.165) is 19.3 Å². The van der Waals surface area contributed by atoms with Crippen molar-refractivity contribution in [3.8, 4) is 0 Å². The molecule has 722 valence electrons. The van der Waals surface area contributed by atoms with Crippen molar-refractivity contribution in [1.29, 1.82) is 0 Å². The van der Waals surface area contributed by atoms with E-state index in [1.165, 1.54) is 7.11 Å². The molecule has 0 aromatic carbocycles. The lowest BCUT2D eigenvalue weighted by molar-refractivity contribution is 0.0407. The summed E-state index contributed by atoms with van der Waals surface area (Å²) in [6.07, 6.45) is 6.15. The molecule has 0 saturated carbocycles. The van der Waals surface area contributed by atoms with Gasteiger partial charge in [-0.1, -0.05) is 62.3 Å². The Labute approximate surface area is 705 Å². The molecule has 0 bridgehead atoms. The molecule has 2 heterocycles. The molecule has 0 aromatic rings. The quantitative estimate of drug-likeness (QED) is 0.0243. The van der Waals surface area contributed by atoms with E-state index in [-0.39, 0.29) is 144 Å². The van der Waals surface area contributed by atoms with E-state index in [0.29, 0.717) is 162 Å². The van der Waals surface area contributed by atoms with Crippen LogP contribution in [0.15, 0.2) is 0 Å². The molecule has 118 heavy (non-hydrogen) atoms. The molecule has 2 rings (SSSR count). The Morgan fingerprint density at radius 1 is 0.237 bits per heavy atom. The van der Waals surface area contributed by atoms with Crippen molar-refractivity contribution < 1.29 is 196 Å². The van der Waals surface area contributed by atoms with E-state index in [2.05, 4.69) is 0 Å². The SMILES string of the molecule is CCOP(=O)(CC)OCC.CCOP(=O)(CC)OCCO.CCOP(=O)(CC)OCCOCCO.CCP(=O)(OC)OCCOCCOC.CCP(=O)(OCCO)OCCO.CCP(=O)(OCCOCCO)OCCOCCO.CCP(=O)(OCCOCCOC)OCCOCCOC.CCP1(=O)OCCCCO1.CCP1(=O)OCCCO1. The van der Waals surface area contributed by atoms with Gasteiger partial charge in [0.2, 0.25) is 0 Å². The van der Waals surface area contributed by atoms with Gasteiger partial charge in [0.25, 0.3) is 0 Å². The van der Waals surface area contributed by atoms with E-state index in [4.69, 9.17) is 155 Å². The van der Waals surface area contributed by atoms with E-state index in [9.17, 15) is 41.1 Å². The van der Waals surface area contributed by atoms with Crippen molar-refractivity contribution in [2.75, 3.05) is 335 Å². The van der Waals surface area contributed by atoms with Crippen molar-refractivity contribution in [2.45, 2.75) is 109 Å². The van der Waals surface area contributed by atoms with Crippen LogP contribution in [0, 0.1) is 0 Å². The number of methoxy groups -OCH3 is 3. The van der Waals surface area contributed by atoms with Crippen molar-refractivity contribution in [3.63, 3.8) is 0 Å². The van der Waals surface area contributed by atoms with Gasteiger partial charge in [-0.25, -0.2) is 0 Å². The summed E-state index contributed by atoms with van der Waals surface area (Å²) in [6, 6.07) is 0. The van der Waals surface area contributed by atoms with Crippen molar-refractivity contribution >= 4 is 68.4 Å². The van der Waals surface area contributed by atoms with Crippen LogP contribution >= 0.6 is 68.4 Å². The summed E-state index contributed by atoms with van der Waals surface area (Å²) in [5.41, 5.74) is 0. The second-order valence-electron chi connectivity index (χ2n) is 22.1. The molecule has 0 spiro atoms. The summed E-state index contributed by atoms with van der Waals surface area (Å²) in [6.45, 7) is 33.5. The molecule has 0 aliphatic carbocycles. The molecule has 2 aliphatic heterocycles. The Kier molecular flexibility index (Phi) is 103.